The van der Waals surface area contributed by atoms with E-state index in [0.717, 1.165) is 21.2 Å². The number of nitrogens with zero attached hydrogens (tertiary/aromatic N) is 1. The van der Waals surface area contributed by atoms with Crippen LogP contribution in [0.1, 0.15) is 40.8 Å². The average molecular weight is 526 g/mol. The molecule has 1 aliphatic rings. The molecule has 0 unspecified atom stereocenters. The third-order valence-electron chi connectivity index (χ3n) is 5.85. The van der Waals surface area contributed by atoms with Crippen LogP contribution in [0.15, 0.2) is 93.8 Å². The first-order valence-corrected chi connectivity index (χ1v) is 12.8. The van der Waals surface area contributed by atoms with E-state index < -0.39 is 28.1 Å². The quantitative estimate of drug-likeness (QED) is 0.446. The number of carboxylic acid groups (broad SMARTS) is 1. The first kappa shape index (κ1) is 23.4. The zero-order chi connectivity index (χ0) is 23.8. The number of carboxylic acids is 1. The molecule has 0 amide bonds. The molecule has 0 saturated carbocycles. The fraction of sp³-hybridized carbons (Fsp3) is 0.192. The Morgan fingerprint density at radius 1 is 0.939 bits per heavy atom. The Balaban J connectivity index is 1.98. The number of benzene rings is 3. The molecule has 1 N–H and O–H groups in total. The largest absolute Gasteiger partial charge is 0.478 e. The molecule has 5 nitrogen and oxygen atoms in total. The van der Waals surface area contributed by atoms with Crippen molar-refractivity contribution < 1.29 is 18.3 Å². The smallest absolute Gasteiger partial charge is 0.333 e. The van der Waals surface area contributed by atoms with Crippen LogP contribution in [0.2, 0.25) is 0 Å². The van der Waals surface area contributed by atoms with Crippen molar-refractivity contribution >= 4 is 31.9 Å². The van der Waals surface area contributed by atoms with Gasteiger partial charge in [-0.25, -0.2) is 13.2 Å². The number of hydrogen-bond acceptors (Lipinski definition) is 3. The summed E-state index contributed by atoms with van der Waals surface area (Å²) in [5.41, 5.74) is 3.41. The highest BCUT2D eigenvalue weighted by Crippen LogP contribution is 2.46. The van der Waals surface area contributed by atoms with Crippen LogP contribution in [0.5, 0.6) is 0 Å². The Hall–Kier alpha value is -2.74. The van der Waals surface area contributed by atoms with E-state index in [1.54, 1.807) is 48.5 Å². The molecule has 0 saturated heterocycles. The van der Waals surface area contributed by atoms with Gasteiger partial charge in [0.05, 0.1) is 22.6 Å². The summed E-state index contributed by atoms with van der Waals surface area (Å²) in [6, 6.07) is 20.0. The molecule has 3 aromatic carbocycles. The van der Waals surface area contributed by atoms with Crippen LogP contribution in [-0.2, 0) is 14.8 Å². The number of halogens is 1. The van der Waals surface area contributed by atoms with Crippen LogP contribution in [0.25, 0.3) is 0 Å². The van der Waals surface area contributed by atoms with Crippen LogP contribution < -0.4 is 0 Å². The molecule has 1 heterocycles. The summed E-state index contributed by atoms with van der Waals surface area (Å²) >= 11 is 3.44. The van der Waals surface area contributed by atoms with Gasteiger partial charge in [0, 0.05) is 4.47 Å². The number of sulfonamides is 1. The zero-order valence-corrected chi connectivity index (χ0v) is 20.7. The minimum absolute atomic E-state index is 0.0488. The number of carbonyl (C=O) groups is 1. The van der Waals surface area contributed by atoms with Gasteiger partial charge in [0.2, 0.25) is 10.0 Å². The van der Waals surface area contributed by atoms with Gasteiger partial charge in [0.1, 0.15) is 0 Å². The van der Waals surface area contributed by atoms with Crippen LogP contribution in [0, 0.1) is 13.8 Å². The Kier molecular flexibility index (Phi) is 6.56. The van der Waals surface area contributed by atoms with Crippen molar-refractivity contribution in [1.82, 2.24) is 4.31 Å². The molecule has 0 fully saturated rings. The van der Waals surface area contributed by atoms with E-state index in [1.165, 1.54) is 4.31 Å². The molecule has 0 spiro atoms. The standard InChI is InChI=1S/C26H24BrNO4S/c1-17-9-11-22(12-10-17)33(31,32)28-24(19-6-3-5-18(2)15-19)14-13-23(26(29)30)25(28)20-7-4-8-21(27)16-20/h3-13,15-16,24-25H,14H2,1-2H3,(H,29,30)/t24-,25-/m0/s1. The molecule has 7 heteroatoms. The molecule has 2 atom stereocenters. The summed E-state index contributed by atoms with van der Waals surface area (Å²) in [7, 11) is -4.05. The number of aliphatic carboxylic acids is 1. The number of rotatable bonds is 5. The van der Waals surface area contributed by atoms with E-state index in [9.17, 15) is 18.3 Å². The fourth-order valence-electron chi connectivity index (χ4n) is 4.28. The lowest BCUT2D eigenvalue weighted by atomic mass is 9.89. The summed E-state index contributed by atoms with van der Waals surface area (Å²) < 4.78 is 30.3. The van der Waals surface area contributed by atoms with Gasteiger partial charge in [-0.1, -0.05) is 81.7 Å². The lowest BCUT2D eigenvalue weighted by Gasteiger charge is -2.40. The molecule has 0 aromatic heterocycles. The summed E-state index contributed by atoms with van der Waals surface area (Å²) in [6.07, 6.45) is 1.92. The Bertz CT molecular complexity index is 1330. The van der Waals surface area contributed by atoms with Gasteiger partial charge >= 0.3 is 5.97 Å². The monoisotopic (exact) mass is 525 g/mol. The van der Waals surface area contributed by atoms with Gasteiger partial charge in [-0.05, 0) is 55.7 Å². The highest BCUT2D eigenvalue weighted by atomic mass is 79.9. The van der Waals surface area contributed by atoms with Gasteiger partial charge < -0.3 is 5.11 Å². The van der Waals surface area contributed by atoms with Crippen molar-refractivity contribution in [2.45, 2.75) is 37.2 Å². The molecule has 4 rings (SSSR count). The Morgan fingerprint density at radius 3 is 2.24 bits per heavy atom. The summed E-state index contributed by atoms with van der Waals surface area (Å²) in [5, 5.41) is 10.0. The van der Waals surface area contributed by atoms with Crippen molar-refractivity contribution in [1.29, 1.82) is 0 Å². The minimum Gasteiger partial charge on any atom is -0.478 e. The van der Waals surface area contributed by atoms with Gasteiger partial charge in [-0.15, -0.1) is 0 Å². The summed E-state index contributed by atoms with van der Waals surface area (Å²) in [4.78, 5) is 12.4. The SMILES string of the molecule is Cc1ccc(S(=O)(=O)N2[C@@H](c3cccc(Br)c3)C(C(=O)O)=CC[C@H]2c2cccc(C)c2)cc1. The van der Waals surface area contributed by atoms with Crippen LogP contribution in [0.4, 0.5) is 0 Å². The van der Waals surface area contributed by atoms with E-state index >= 15 is 0 Å². The Morgan fingerprint density at radius 2 is 1.61 bits per heavy atom. The highest BCUT2D eigenvalue weighted by Gasteiger charge is 2.44. The second-order valence-corrected chi connectivity index (χ2v) is 11.0. The van der Waals surface area contributed by atoms with Crippen molar-refractivity contribution in [2.75, 3.05) is 0 Å². The normalized spacial score (nSPS) is 19.2. The fourth-order valence-corrected chi connectivity index (χ4v) is 6.47. The van der Waals surface area contributed by atoms with E-state index in [1.807, 2.05) is 44.2 Å². The van der Waals surface area contributed by atoms with Crippen molar-refractivity contribution in [3.05, 3.63) is 111 Å². The molecule has 0 bridgehead atoms. The molecule has 1 aliphatic heterocycles. The van der Waals surface area contributed by atoms with Crippen molar-refractivity contribution in [3.63, 3.8) is 0 Å². The van der Waals surface area contributed by atoms with E-state index in [0.29, 0.717) is 5.56 Å². The predicted octanol–water partition coefficient (Wildman–Crippen LogP) is 5.95. The first-order valence-electron chi connectivity index (χ1n) is 10.5. The lowest BCUT2D eigenvalue weighted by Crippen LogP contribution is -2.42. The van der Waals surface area contributed by atoms with Gasteiger partial charge in [-0.2, -0.15) is 4.31 Å². The predicted molar refractivity (Wildman–Crippen MR) is 131 cm³/mol. The molecule has 3 aromatic rings. The molecule has 33 heavy (non-hydrogen) atoms. The van der Waals surface area contributed by atoms with E-state index in [4.69, 9.17) is 0 Å². The van der Waals surface area contributed by atoms with Crippen LogP contribution in [0.3, 0.4) is 0 Å². The maximum Gasteiger partial charge on any atom is 0.333 e. The molecule has 170 valence electrons. The topological polar surface area (TPSA) is 74.7 Å². The maximum absolute atomic E-state index is 14.1. The number of hydrogen-bond donors (Lipinski definition) is 1. The van der Waals surface area contributed by atoms with Crippen molar-refractivity contribution in [2.24, 2.45) is 0 Å². The van der Waals surface area contributed by atoms with Gasteiger partial charge in [-0.3, -0.25) is 0 Å². The molecule has 0 radical (unpaired) electrons. The molecular weight excluding hydrogens is 502 g/mol. The molecular formula is C26H24BrNO4S. The van der Waals surface area contributed by atoms with E-state index in [-0.39, 0.29) is 16.9 Å². The Labute approximate surface area is 202 Å². The summed E-state index contributed by atoms with van der Waals surface area (Å²) in [5.74, 6) is -1.13. The van der Waals surface area contributed by atoms with Crippen molar-refractivity contribution in [3.8, 4) is 0 Å². The average Bonchev–Trinajstić information content (AvgIpc) is 2.78. The highest BCUT2D eigenvalue weighted by molar-refractivity contribution is 9.10. The second kappa shape index (κ2) is 9.25. The third-order valence-corrected chi connectivity index (χ3v) is 8.23. The lowest BCUT2D eigenvalue weighted by molar-refractivity contribution is -0.133. The van der Waals surface area contributed by atoms with E-state index in [2.05, 4.69) is 15.9 Å². The van der Waals surface area contributed by atoms with Crippen LogP contribution >= 0.6 is 15.9 Å². The maximum atomic E-state index is 14.1. The van der Waals surface area contributed by atoms with Gasteiger partial charge in [0.25, 0.3) is 0 Å². The minimum atomic E-state index is -4.05. The van der Waals surface area contributed by atoms with Crippen LogP contribution in [-0.4, -0.2) is 23.8 Å². The third kappa shape index (κ3) is 4.67. The molecule has 0 aliphatic carbocycles. The number of aryl methyl sites for hydroxylation is 2. The zero-order valence-electron chi connectivity index (χ0n) is 18.3. The van der Waals surface area contributed by atoms with Gasteiger partial charge in [0.15, 0.2) is 0 Å². The second-order valence-electron chi connectivity index (χ2n) is 8.24. The first-order chi connectivity index (χ1) is 15.7. The summed E-state index contributed by atoms with van der Waals surface area (Å²) in [6.45, 7) is 3.85.